The summed E-state index contributed by atoms with van der Waals surface area (Å²) in [6, 6.07) is 20.6. The van der Waals surface area contributed by atoms with Crippen LogP contribution in [-0.2, 0) is 52.1 Å². The van der Waals surface area contributed by atoms with E-state index < -0.39 is 11.9 Å². The smallest absolute Gasteiger partial charge is 0.550 e. The molecule has 0 aromatic heterocycles. The maximum absolute atomic E-state index is 11.0. The third-order valence-electron chi connectivity index (χ3n) is 7.87. The topological polar surface area (TPSA) is 145 Å². The van der Waals surface area contributed by atoms with Gasteiger partial charge in [0.1, 0.15) is 11.5 Å². The van der Waals surface area contributed by atoms with Crippen molar-refractivity contribution in [2.45, 2.75) is 93.9 Å². The maximum Gasteiger partial charge on any atom is 2.00 e. The van der Waals surface area contributed by atoms with Gasteiger partial charge in [0.05, 0.1) is 11.4 Å². The summed E-state index contributed by atoms with van der Waals surface area (Å²) in [5.74, 6) is -0.364. The zero-order valence-corrected chi connectivity index (χ0v) is 32.1. The molecule has 0 aliphatic heterocycles. The molecule has 0 saturated carbocycles. The molecule has 1 radical (unpaired) electrons. The Morgan fingerprint density at radius 1 is 0.667 bits per heavy atom. The molecule has 4 rings (SSSR count). The van der Waals surface area contributed by atoms with Gasteiger partial charge in [-0.05, 0) is 121 Å². The Morgan fingerprint density at radius 3 is 1.29 bits per heavy atom. The third kappa shape index (κ3) is 15.5. The first kappa shape index (κ1) is 44.5. The fourth-order valence-corrected chi connectivity index (χ4v) is 5.21. The largest absolute Gasteiger partial charge is 2.00 e. The van der Waals surface area contributed by atoms with Gasteiger partial charge in [0.25, 0.3) is 0 Å². The Morgan fingerprint density at radius 2 is 1.00 bits per heavy atom. The van der Waals surface area contributed by atoms with Gasteiger partial charge in [0.2, 0.25) is 0 Å². The number of aryl methyl sites for hydroxylation is 4. The number of carboxylic acids is 2. The van der Waals surface area contributed by atoms with Gasteiger partial charge in [-0.1, -0.05) is 77.9 Å². The van der Waals surface area contributed by atoms with Crippen LogP contribution in [-0.4, -0.2) is 34.6 Å². The van der Waals surface area contributed by atoms with E-state index in [0.717, 1.165) is 85.4 Å². The minimum atomic E-state index is -1.08. The van der Waals surface area contributed by atoms with E-state index in [-0.39, 0.29) is 28.3 Å². The average Bonchev–Trinajstić information content (AvgIpc) is 3.05. The Bertz CT molecular complexity index is 1660. The summed E-state index contributed by atoms with van der Waals surface area (Å²) in [6.07, 6.45) is 9.16. The van der Waals surface area contributed by atoms with Crippen LogP contribution < -0.4 is 10.2 Å². The molecule has 0 atom stereocenters. The standard InChI is InChI=1S/C38H46N2O2.2C2H4O2.Co/c1-7-29-17-27(15-13-25(3)4)19-33(37(29)41)23-39-35-21-31-11-9-10-12-32(31)22-36(35)40-24-34-20-28(16-14-26(5)6)18-30(8-2)38(34)42;2*1-2(3)4;/h9-12,17-26,41-42H,7-8,13-16H2,1-6H3;2*1H3,(H,3,4);/q;;;+2/p-2. The first-order chi connectivity index (χ1) is 23.6. The molecular formula is C42H52CoN2O6. The van der Waals surface area contributed by atoms with Gasteiger partial charge in [0, 0.05) is 35.5 Å². The zero-order chi connectivity index (χ0) is 37.4. The molecule has 0 unspecified atom stereocenters. The predicted octanol–water partition coefficient (Wildman–Crippen LogP) is 7.56. The normalized spacial score (nSPS) is 10.9. The van der Waals surface area contributed by atoms with Gasteiger partial charge in [-0.25, -0.2) is 0 Å². The number of rotatable bonds is 12. The van der Waals surface area contributed by atoms with Gasteiger partial charge in [-0.3, -0.25) is 9.98 Å². The van der Waals surface area contributed by atoms with Gasteiger partial charge in [0.15, 0.2) is 0 Å². The summed E-state index contributed by atoms with van der Waals surface area (Å²) < 4.78 is 0. The van der Waals surface area contributed by atoms with Crippen molar-refractivity contribution in [2.24, 2.45) is 21.8 Å². The number of phenolic OH excluding ortho intramolecular Hbond substituents is 2. The van der Waals surface area contributed by atoms with Gasteiger partial charge >= 0.3 is 16.8 Å². The van der Waals surface area contributed by atoms with Crippen LogP contribution in [0.25, 0.3) is 10.8 Å². The number of nitrogens with zero attached hydrogens (tertiary/aromatic N) is 2. The fraction of sp³-hybridized carbons (Fsp3) is 0.381. The second kappa shape index (κ2) is 22.4. The third-order valence-corrected chi connectivity index (χ3v) is 7.87. The molecule has 275 valence electrons. The number of aliphatic imine (C=N–C) groups is 2. The van der Waals surface area contributed by atoms with E-state index in [0.29, 0.717) is 23.2 Å². The number of carboxylic acid groups (broad SMARTS) is 2. The van der Waals surface area contributed by atoms with Crippen LogP contribution >= 0.6 is 0 Å². The van der Waals surface area contributed by atoms with Gasteiger partial charge in [-0.15, -0.1) is 0 Å². The first-order valence-electron chi connectivity index (χ1n) is 17.3. The van der Waals surface area contributed by atoms with Gasteiger partial charge < -0.3 is 30.0 Å². The number of aliphatic carboxylic acids is 2. The van der Waals surface area contributed by atoms with Crippen molar-refractivity contribution < 1.29 is 46.8 Å². The van der Waals surface area contributed by atoms with Crippen molar-refractivity contribution in [1.29, 1.82) is 0 Å². The fourth-order valence-electron chi connectivity index (χ4n) is 5.21. The van der Waals surface area contributed by atoms with Crippen LogP contribution in [0.2, 0.25) is 0 Å². The van der Waals surface area contributed by atoms with E-state index in [1.54, 1.807) is 12.4 Å². The Labute approximate surface area is 313 Å². The average molecular weight is 740 g/mol. The molecule has 0 fully saturated rings. The van der Waals surface area contributed by atoms with Crippen LogP contribution in [0.15, 0.2) is 70.6 Å². The van der Waals surface area contributed by atoms with Crippen LogP contribution in [0.1, 0.15) is 102 Å². The second-order valence-electron chi connectivity index (χ2n) is 13.1. The van der Waals surface area contributed by atoms with Crippen LogP contribution in [0.4, 0.5) is 11.4 Å². The van der Waals surface area contributed by atoms with E-state index in [9.17, 15) is 10.2 Å². The van der Waals surface area contributed by atoms with Crippen molar-refractivity contribution in [2.75, 3.05) is 0 Å². The van der Waals surface area contributed by atoms with Gasteiger partial charge in [-0.2, -0.15) is 0 Å². The molecule has 0 bridgehead atoms. The molecule has 4 aromatic carbocycles. The van der Waals surface area contributed by atoms with E-state index in [1.165, 1.54) is 11.1 Å². The molecule has 51 heavy (non-hydrogen) atoms. The van der Waals surface area contributed by atoms with E-state index >= 15 is 0 Å². The van der Waals surface area contributed by atoms with Crippen LogP contribution in [0, 0.1) is 11.8 Å². The minimum Gasteiger partial charge on any atom is -0.550 e. The molecule has 0 aliphatic carbocycles. The Hall–Kier alpha value is -4.47. The SMILES string of the molecule is CC(=O)[O-].CC(=O)[O-].CCc1cc(CCC(C)C)cc(C=Nc2cc3ccccc3cc2N=Cc2cc(CCC(C)C)cc(CC)c2O)c1O.[Co+2]. The molecule has 0 heterocycles. The summed E-state index contributed by atoms with van der Waals surface area (Å²) in [5.41, 5.74) is 7.18. The molecule has 4 aromatic rings. The molecule has 2 N–H and O–H groups in total. The summed E-state index contributed by atoms with van der Waals surface area (Å²) in [7, 11) is 0. The molecule has 0 aliphatic rings. The molecule has 0 amide bonds. The number of carbonyl (C=O) groups excluding carboxylic acids is 2. The summed E-state index contributed by atoms with van der Waals surface area (Å²) in [6.45, 7) is 15.0. The molecule has 9 heteroatoms. The minimum absolute atomic E-state index is 0. The molecule has 0 saturated heterocycles. The number of phenols is 2. The first-order valence-corrected chi connectivity index (χ1v) is 17.3. The van der Waals surface area contributed by atoms with E-state index in [4.69, 9.17) is 29.8 Å². The molecule has 8 nitrogen and oxygen atoms in total. The summed E-state index contributed by atoms with van der Waals surface area (Å²) in [4.78, 5) is 27.5. The van der Waals surface area contributed by atoms with Crippen molar-refractivity contribution in [3.63, 3.8) is 0 Å². The molecular weight excluding hydrogens is 687 g/mol. The van der Waals surface area contributed by atoms with E-state index in [1.807, 2.05) is 24.3 Å². The van der Waals surface area contributed by atoms with Crippen molar-refractivity contribution >= 4 is 46.5 Å². The number of fused-ring (bicyclic) bond motifs is 1. The number of hydrogen-bond donors (Lipinski definition) is 2. The van der Waals surface area contributed by atoms with Crippen molar-refractivity contribution in [1.82, 2.24) is 0 Å². The molecule has 0 spiro atoms. The summed E-state index contributed by atoms with van der Waals surface area (Å²) in [5, 5.41) is 41.9. The number of aromatic hydroxyl groups is 2. The van der Waals surface area contributed by atoms with Crippen LogP contribution in [0.3, 0.4) is 0 Å². The zero-order valence-electron chi connectivity index (χ0n) is 31.1. The number of benzene rings is 4. The second-order valence-corrected chi connectivity index (χ2v) is 13.1. The maximum atomic E-state index is 11.0. The van der Waals surface area contributed by atoms with Crippen LogP contribution in [0.5, 0.6) is 11.5 Å². The Balaban J connectivity index is 0.00000131. The van der Waals surface area contributed by atoms with Crippen molar-refractivity contribution in [3.05, 3.63) is 94.0 Å². The quantitative estimate of drug-likeness (QED) is 0.144. The predicted molar refractivity (Wildman–Crippen MR) is 201 cm³/mol. The Kier molecular flexibility index (Phi) is 19.5. The summed E-state index contributed by atoms with van der Waals surface area (Å²) >= 11 is 0. The monoisotopic (exact) mass is 739 g/mol. The number of hydrogen-bond acceptors (Lipinski definition) is 8. The number of carbonyl (C=O) groups is 2. The van der Waals surface area contributed by atoms with Crippen molar-refractivity contribution in [3.8, 4) is 11.5 Å². The van der Waals surface area contributed by atoms with E-state index in [2.05, 4.69) is 77.9 Å².